The van der Waals surface area contributed by atoms with E-state index in [0.29, 0.717) is 12.1 Å². The Bertz CT molecular complexity index is 292. The molecule has 5 heteroatoms. The molecule has 0 spiro atoms. The smallest absolute Gasteiger partial charge is 0.191 e. The monoisotopic (exact) mass is 410 g/mol. The third-order valence-electron chi connectivity index (χ3n) is 4.14. The maximum Gasteiger partial charge on any atom is 0.191 e. The van der Waals surface area contributed by atoms with Crippen LogP contribution in [0.3, 0.4) is 0 Å². The average Bonchev–Trinajstić information content (AvgIpc) is 3.10. The van der Waals surface area contributed by atoms with E-state index < -0.39 is 0 Å². The number of nitrogens with one attached hydrogen (secondary N) is 2. The zero-order chi connectivity index (χ0) is 15.0. The van der Waals surface area contributed by atoms with Crippen molar-refractivity contribution in [2.75, 3.05) is 26.2 Å². The highest BCUT2D eigenvalue weighted by Crippen LogP contribution is 2.28. The summed E-state index contributed by atoms with van der Waals surface area (Å²) in [5, 5.41) is 7.06. The van der Waals surface area contributed by atoms with Gasteiger partial charge in [-0.25, -0.2) is 0 Å². The normalized spacial score (nSPS) is 22.7. The van der Waals surface area contributed by atoms with Crippen LogP contribution in [0.5, 0.6) is 0 Å². The van der Waals surface area contributed by atoms with Gasteiger partial charge in [0.05, 0.1) is 0 Å². The fourth-order valence-corrected chi connectivity index (χ4v) is 2.46. The summed E-state index contributed by atoms with van der Waals surface area (Å²) in [4.78, 5) is 7.02. The summed E-state index contributed by atoms with van der Waals surface area (Å²) in [7, 11) is 0. The third-order valence-corrected chi connectivity index (χ3v) is 4.14. The Kier molecular flexibility index (Phi) is 11.5. The van der Waals surface area contributed by atoms with E-state index in [2.05, 4.69) is 55.1 Å². The summed E-state index contributed by atoms with van der Waals surface area (Å²) in [5.74, 6) is 1.80. The lowest BCUT2D eigenvalue weighted by Crippen LogP contribution is -2.43. The zero-order valence-corrected chi connectivity index (χ0v) is 16.8. The van der Waals surface area contributed by atoms with Crippen LogP contribution in [-0.4, -0.2) is 49.1 Å². The predicted octanol–water partition coefficient (Wildman–Crippen LogP) is 3.08. The van der Waals surface area contributed by atoms with Crippen molar-refractivity contribution in [2.24, 2.45) is 10.9 Å². The van der Waals surface area contributed by atoms with Gasteiger partial charge in [-0.1, -0.05) is 20.8 Å². The SMILES string of the molecule is CCN=C(NC(C)CCCN(CC)CC)NC1CC1C.I. The Labute approximate surface area is 148 Å². The lowest BCUT2D eigenvalue weighted by atomic mass is 10.2. The van der Waals surface area contributed by atoms with Crippen LogP contribution in [0.2, 0.25) is 0 Å². The molecule has 0 aromatic rings. The second-order valence-electron chi connectivity index (χ2n) is 6.00. The molecule has 0 saturated heterocycles. The zero-order valence-electron chi connectivity index (χ0n) is 14.5. The molecule has 0 aromatic carbocycles. The summed E-state index contributed by atoms with van der Waals surface area (Å²) in [6, 6.07) is 1.12. The van der Waals surface area contributed by atoms with Gasteiger partial charge in [-0.15, -0.1) is 24.0 Å². The van der Waals surface area contributed by atoms with Crippen molar-refractivity contribution in [3.63, 3.8) is 0 Å². The molecule has 0 aliphatic heterocycles. The first kappa shape index (κ1) is 21.0. The number of nitrogens with zero attached hydrogens (tertiary/aromatic N) is 2. The van der Waals surface area contributed by atoms with Crippen molar-refractivity contribution in [3.05, 3.63) is 0 Å². The van der Waals surface area contributed by atoms with Crippen LogP contribution < -0.4 is 10.6 Å². The molecule has 0 radical (unpaired) electrons. The van der Waals surface area contributed by atoms with E-state index in [0.717, 1.165) is 31.5 Å². The summed E-state index contributed by atoms with van der Waals surface area (Å²) in [5.41, 5.74) is 0. The van der Waals surface area contributed by atoms with E-state index in [-0.39, 0.29) is 24.0 Å². The van der Waals surface area contributed by atoms with E-state index in [1.54, 1.807) is 0 Å². The summed E-state index contributed by atoms with van der Waals surface area (Å²) in [6.45, 7) is 15.4. The van der Waals surface area contributed by atoms with Gasteiger partial charge in [-0.3, -0.25) is 4.99 Å². The summed E-state index contributed by atoms with van der Waals surface area (Å²) < 4.78 is 0. The average molecular weight is 410 g/mol. The van der Waals surface area contributed by atoms with Crippen LogP contribution in [0.25, 0.3) is 0 Å². The lowest BCUT2D eigenvalue weighted by molar-refractivity contribution is 0.292. The van der Waals surface area contributed by atoms with Gasteiger partial charge in [0.1, 0.15) is 0 Å². The Morgan fingerprint density at radius 1 is 1.29 bits per heavy atom. The molecule has 0 heterocycles. The molecule has 0 aromatic heterocycles. The highest BCUT2D eigenvalue weighted by molar-refractivity contribution is 14.0. The minimum Gasteiger partial charge on any atom is -0.354 e. The second kappa shape index (κ2) is 11.5. The highest BCUT2D eigenvalue weighted by Gasteiger charge is 2.33. The first-order valence-electron chi connectivity index (χ1n) is 8.40. The standard InChI is InChI=1S/C16H34N4.HI/c1-6-17-16(19-15-12-13(15)4)18-14(5)10-9-11-20(7-2)8-3;/h13-15H,6-12H2,1-5H3,(H2,17,18,19);1H. The highest BCUT2D eigenvalue weighted by atomic mass is 127. The quantitative estimate of drug-likeness (QED) is 0.349. The minimum absolute atomic E-state index is 0. The predicted molar refractivity (Wildman–Crippen MR) is 104 cm³/mol. The molecule has 3 unspecified atom stereocenters. The van der Waals surface area contributed by atoms with Crippen LogP contribution >= 0.6 is 24.0 Å². The fraction of sp³-hybridized carbons (Fsp3) is 0.938. The fourth-order valence-electron chi connectivity index (χ4n) is 2.46. The van der Waals surface area contributed by atoms with Gasteiger partial charge in [-0.05, 0) is 58.7 Å². The van der Waals surface area contributed by atoms with Crippen molar-refractivity contribution in [1.82, 2.24) is 15.5 Å². The van der Waals surface area contributed by atoms with Crippen LogP contribution in [0, 0.1) is 5.92 Å². The topological polar surface area (TPSA) is 39.7 Å². The molecule has 0 bridgehead atoms. The number of aliphatic imine (C=N–C) groups is 1. The molecule has 1 rings (SSSR count). The third kappa shape index (κ3) is 8.86. The molecule has 0 amide bonds. The molecule has 21 heavy (non-hydrogen) atoms. The number of guanidine groups is 1. The van der Waals surface area contributed by atoms with Crippen LogP contribution in [0.15, 0.2) is 4.99 Å². The lowest BCUT2D eigenvalue weighted by Gasteiger charge is -2.21. The van der Waals surface area contributed by atoms with Gasteiger partial charge in [0.25, 0.3) is 0 Å². The maximum absolute atomic E-state index is 4.54. The van der Waals surface area contributed by atoms with Gasteiger partial charge >= 0.3 is 0 Å². The van der Waals surface area contributed by atoms with Crippen LogP contribution in [0.1, 0.15) is 53.9 Å². The Morgan fingerprint density at radius 2 is 1.90 bits per heavy atom. The Balaban J connectivity index is 0.00000400. The summed E-state index contributed by atoms with van der Waals surface area (Å²) in [6.07, 6.45) is 3.72. The first-order chi connectivity index (χ1) is 9.60. The largest absolute Gasteiger partial charge is 0.354 e. The number of halogens is 1. The molecular formula is C16H35IN4. The van der Waals surface area contributed by atoms with E-state index >= 15 is 0 Å². The van der Waals surface area contributed by atoms with E-state index in [1.807, 2.05) is 0 Å². The molecule has 1 aliphatic rings. The van der Waals surface area contributed by atoms with E-state index in [1.165, 1.54) is 25.8 Å². The van der Waals surface area contributed by atoms with Gasteiger partial charge in [0.2, 0.25) is 0 Å². The molecule has 2 N–H and O–H groups in total. The molecule has 1 fully saturated rings. The van der Waals surface area contributed by atoms with Gasteiger partial charge in [0.15, 0.2) is 5.96 Å². The molecule has 3 atom stereocenters. The first-order valence-corrected chi connectivity index (χ1v) is 8.40. The molecule has 1 saturated carbocycles. The van der Waals surface area contributed by atoms with E-state index in [9.17, 15) is 0 Å². The van der Waals surface area contributed by atoms with Crippen LogP contribution in [0.4, 0.5) is 0 Å². The van der Waals surface area contributed by atoms with Gasteiger partial charge in [0, 0.05) is 18.6 Å². The number of rotatable bonds is 9. The van der Waals surface area contributed by atoms with Crippen molar-refractivity contribution >= 4 is 29.9 Å². The second-order valence-corrected chi connectivity index (χ2v) is 6.00. The van der Waals surface area contributed by atoms with Gasteiger partial charge < -0.3 is 15.5 Å². The number of hydrogen-bond acceptors (Lipinski definition) is 2. The molecule has 4 nitrogen and oxygen atoms in total. The molecule has 1 aliphatic carbocycles. The van der Waals surface area contributed by atoms with Crippen molar-refractivity contribution in [3.8, 4) is 0 Å². The van der Waals surface area contributed by atoms with Crippen molar-refractivity contribution in [1.29, 1.82) is 0 Å². The maximum atomic E-state index is 4.54. The minimum atomic E-state index is 0. The Morgan fingerprint density at radius 3 is 2.38 bits per heavy atom. The van der Waals surface area contributed by atoms with E-state index in [4.69, 9.17) is 0 Å². The van der Waals surface area contributed by atoms with Crippen molar-refractivity contribution in [2.45, 2.75) is 66.0 Å². The number of hydrogen-bond donors (Lipinski definition) is 2. The van der Waals surface area contributed by atoms with Crippen molar-refractivity contribution < 1.29 is 0 Å². The summed E-state index contributed by atoms with van der Waals surface area (Å²) >= 11 is 0. The molecular weight excluding hydrogens is 375 g/mol. The molecule has 126 valence electrons. The Hall–Kier alpha value is -0.0400. The van der Waals surface area contributed by atoms with Gasteiger partial charge in [-0.2, -0.15) is 0 Å². The van der Waals surface area contributed by atoms with Crippen LogP contribution in [-0.2, 0) is 0 Å².